The molecule has 15 nitrogen and oxygen atoms in total. The summed E-state index contributed by atoms with van der Waals surface area (Å²) in [5.41, 5.74) is -2.18. The van der Waals surface area contributed by atoms with Crippen molar-refractivity contribution in [3.63, 3.8) is 0 Å². The number of rotatable bonds is 66. The Labute approximate surface area is 662 Å². The van der Waals surface area contributed by atoms with Crippen LogP contribution in [0.15, 0.2) is 0 Å². The molecule has 0 aliphatic carbocycles. The fraction of sp³-hybridized carbons (Fsp3) is 1.00. The Bertz CT molecular complexity index is 1900. The smallest absolute Gasteiger partial charge is 0.314 e. The van der Waals surface area contributed by atoms with E-state index in [-0.39, 0.29) is 39.6 Å². The molecule has 0 aromatic carbocycles. The summed E-state index contributed by atoms with van der Waals surface area (Å²) in [6, 6.07) is 23.6. The van der Waals surface area contributed by atoms with Crippen molar-refractivity contribution < 1.29 is 71.4 Å². The van der Waals surface area contributed by atoms with Crippen molar-refractivity contribution in [2.24, 2.45) is 51.8 Å². The number of aliphatic hydroxyl groups is 6. The van der Waals surface area contributed by atoms with Gasteiger partial charge in [-0.3, -0.25) is 0 Å². The van der Waals surface area contributed by atoms with Gasteiger partial charge in [0.25, 0.3) is 0 Å². The first kappa shape index (κ1) is 111. The lowest BCUT2D eigenvalue weighted by Crippen LogP contribution is -2.52. The van der Waals surface area contributed by atoms with Crippen molar-refractivity contribution in [2.45, 2.75) is 351 Å². The van der Waals surface area contributed by atoms with Crippen molar-refractivity contribution in [1.29, 1.82) is 0 Å². The summed E-state index contributed by atoms with van der Waals surface area (Å²) in [6.45, 7) is 74.6. The molecule has 0 unspecified atom stereocenters. The van der Waals surface area contributed by atoms with Gasteiger partial charge in [-0.1, -0.05) is 221 Å². The van der Waals surface area contributed by atoms with Crippen molar-refractivity contribution in [3.05, 3.63) is 0 Å². The first-order chi connectivity index (χ1) is 48.6. The van der Waals surface area contributed by atoms with Gasteiger partial charge in [0.1, 0.15) is 0 Å². The molecule has 0 fully saturated rings. The van der Waals surface area contributed by atoms with E-state index in [9.17, 15) is 30.6 Å². The highest BCUT2D eigenvalue weighted by molar-refractivity contribution is 6.88. The minimum atomic E-state index is -2.26. The molecule has 0 heterocycles. The predicted molar refractivity (Wildman–Crippen MR) is 477 cm³/mol. The molecule has 0 saturated heterocycles. The topological polar surface area (TPSA) is 204 Å². The number of aliphatic hydroxyl groups excluding tert-OH is 6. The van der Waals surface area contributed by atoms with E-state index in [1.54, 1.807) is 0 Å². The first-order valence-electron chi connectivity index (χ1n) is 42.8. The standard InChI is InChI=1S/C35H76O4Si2.C24H58O6Si4.C22H52O5Si3/c1-29(2)19-40(20-30(3)4,21-31(5)6)17-13-15-38-27-35(25-36,26-37)28-39-16-14-18-41(22-32(7)8,23-33(9)10)24-34(11)12;1-11-34(12-2,13-3)19-15-17-28-23-24(20-25,21-26)22-27-16-14-18-33(10,29-31(4,5)6)30-32(7,8)9;1-9-30(10-2,11-3)17-13-15-26-21-22(18-23,19-24)20-25-14-12-16-29(7,8)27-28(4,5)6/h29-34,36-37H,13-28H2,1-12H3;25-26H,11-23H2,1-10H3;23-24H,9-21H2,1-8H3. The first-order valence-corrected chi connectivity index (χ1v) is 70.0. The molecule has 105 heavy (non-hydrogen) atoms. The molecule has 0 aliphatic heterocycles. The van der Waals surface area contributed by atoms with Crippen LogP contribution in [0.1, 0.15) is 163 Å². The summed E-state index contributed by atoms with van der Waals surface area (Å²) in [5, 5.41) is 60.2. The van der Waals surface area contributed by atoms with Gasteiger partial charge in [-0.15, -0.1) is 0 Å². The fourth-order valence-corrected chi connectivity index (χ4v) is 58.9. The molecule has 24 heteroatoms. The van der Waals surface area contributed by atoms with Crippen molar-refractivity contribution in [2.75, 3.05) is 119 Å². The Morgan fingerprint density at radius 2 is 0.429 bits per heavy atom. The second kappa shape index (κ2) is 56.6. The van der Waals surface area contributed by atoms with Crippen LogP contribution < -0.4 is 0 Å². The summed E-state index contributed by atoms with van der Waals surface area (Å²) in [7, 11) is -13.8. The van der Waals surface area contributed by atoms with Gasteiger partial charge in [0.05, 0.1) is 128 Å². The Balaban J connectivity index is -0.00000151. The van der Waals surface area contributed by atoms with Crippen LogP contribution in [-0.4, -0.2) is 224 Å². The van der Waals surface area contributed by atoms with Crippen LogP contribution in [0, 0.1) is 51.8 Å². The third-order valence-corrected chi connectivity index (χ3v) is 62.2. The highest BCUT2D eigenvalue weighted by atomic mass is 28.5. The van der Waals surface area contributed by atoms with Gasteiger partial charge >= 0.3 is 8.56 Å². The van der Waals surface area contributed by atoms with E-state index in [0.717, 1.165) is 86.1 Å². The van der Waals surface area contributed by atoms with Gasteiger partial charge in [-0.05, 0) is 165 Å². The maximum absolute atomic E-state index is 10.2. The minimum absolute atomic E-state index is 0.108. The number of hydrogen-bond donors (Lipinski definition) is 6. The average molecular weight is 1650 g/mol. The van der Waals surface area contributed by atoms with Crippen LogP contribution in [0.2, 0.25) is 187 Å². The van der Waals surface area contributed by atoms with E-state index >= 15 is 0 Å². The third-order valence-electron chi connectivity index (χ3n) is 21.6. The van der Waals surface area contributed by atoms with E-state index in [1.165, 1.54) is 96.7 Å². The maximum Gasteiger partial charge on any atom is 0.314 e. The molecule has 0 atom stereocenters. The summed E-state index contributed by atoms with van der Waals surface area (Å²) in [4.78, 5) is 0. The number of hydrogen-bond acceptors (Lipinski definition) is 15. The van der Waals surface area contributed by atoms with Gasteiger partial charge in [0.2, 0.25) is 0 Å². The van der Waals surface area contributed by atoms with Gasteiger partial charge in [0, 0.05) is 39.6 Å². The molecular weight excluding hydrogens is 1470 g/mol. The molecule has 0 spiro atoms. The third kappa shape index (κ3) is 53.3. The highest BCUT2D eigenvalue weighted by Gasteiger charge is 2.42. The Morgan fingerprint density at radius 3 is 0.600 bits per heavy atom. The van der Waals surface area contributed by atoms with E-state index in [4.69, 9.17) is 40.8 Å². The quantitative estimate of drug-likeness (QED) is 0.0248. The van der Waals surface area contributed by atoms with Crippen LogP contribution >= 0.6 is 0 Å². The Kier molecular flexibility index (Phi) is 59.6. The normalized spacial score (nSPS) is 13.9. The zero-order valence-corrected chi connectivity index (χ0v) is 84.5. The molecule has 0 rings (SSSR count). The zero-order valence-electron chi connectivity index (χ0n) is 75.5. The summed E-state index contributed by atoms with van der Waals surface area (Å²) < 4.78 is 55.4. The summed E-state index contributed by atoms with van der Waals surface area (Å²) in [6.07, 6.45) is 6.11. The molecule has 0 aliphatic rings. The van der Waals surface area contributed by atoms with Crippen molar-refractivity contribution in [3.8, 4) is 0 Å². The monoisotopic (exact) mass is 1650 g/mol. The highest BCUT2D eigenvalue weighted by Crippen LogP contribution is 2.39. The van der Waals surface area contributed by atoms with Crippen LogP contribution in [0.25, 0.3) is 0 Å². The number of ether oxygens (including phenoxy) is 6. The van der Waals surface area contributed by atoms with E-state index in [2.05, 4.69) is 203 Å². The second-order valence-electron chi connectivity index (χ2n) is 39.6. The van der Waals surface area contributed by atoms with Crippen LogP contribution in [-0.2, 0) is 40.8 Å². The molecular formula is C81H186O15Si9. The lowest BCUT2D eigenvalue weighted by molar-refractivity contribution is -0.0769. The van der Waals surface area contributed by atoms with Crippen molar-refractivity contribution in [1.82, 2.24) is 0 Å². The van der Waals surface area contributed by atoms with Crippen molar-refractivity contribution >= 4 is 74.1 Å². The minimum Gasteiger partial charge on any atom is -0.456 e. The van der Waals surface area contributed by atoms with E-state index in [0.29, 0.717) is 79.3 Å². The van der Waals surface area contributed by atoms with Crippen LogP contribution in [0.5, 0.6) is 0 Å². The van der Waals surface area contributed by atoms with Crippen LogP contribution in [0.4, 0.5) is 0 Å². The SMILES string of the molecule is CC(C)C[Si](CCCOCC(CO)(CO)COCCC[Si](CC(C)C)(CC(C)C)CC(C)C)(CC(C)C)CC(C)C.CC[Si](CC)(CC)CCCOCC(CO)(CO)COCCC[Si](C)(C)O[Si](C)(C)C.CC[Si](CC)(CC)CCCOCC(CO)(CO)COCCC[Si](C)(O[Si](C)(C)C)O[Si](C)(C)C. The lowest BCUT2D eigenvalue weighted by atomic mass is 9.92. The Hall–Kier alpha value is 1.35. The van der Waals surface area contributed by atoms with Gasteiger partial charge in [-0.25, -0.2) is 0 Å². The van der Waals surface area contributed by atoms with Gasteiger partial charge in [0.15, 0.2) is 33.3 Å². The molecule has 0 saturated carbocycles. The molecule has 636 valence electrons. The van der Waals surface area contributed by atoms with Gasteiger partial charge in [-0.2, -0.15) is 0 Å². The maximum atomic E-state index is 10.2. The zero-order chi connectivity index (χ0) is 81.5. The molecule has 6 N–H and O–H groups in total. The second-order valence-corrected chi connectivity index (χ2v) is 82.2. The summed E-state index contributed by atoms with van der Waals surface area (Å²) >= 11 is 0. The average Bonchev–Trinajstić information content (AvgIpc) is 1.12. The predicted octanol–water partition coefficient (Wildman–Crippen LogP) is 21.0. The fourth-order valence-electron chi connectivity index (χ4n) is 17.0. The molecule has 0 aromatic heterocycles. The van der Waals surface area contributed by atoms with E-state index < -0.39 is 90.4 Å². The molecule has 0 aromatic rings. The molecule has 0 bridgehead atoms. The molecule has 0 radical (unpaired) electrons. The van der Waals surface area contributed by atoms with E-state index in [1.807, 2.05) is 0 Å². The molecule has 0 amide bonds. The van der Waals surface area contributed by atoms with Crippen LogP contribution in [0.3, 0.4) is 0 Å². The lowest BCUT2D eigenvalue weighted by Gasteiger charge is -2.38. The van der Waals surface area contributed by atoms with Gasteiger partial charge < -0.3 is 71.4 Å². The summed E-state index contributed by atoms with van der Waals surface area (Å²) in [5.74, 6) is 4.51. The Morgan fingerprint density at radius 1 is 0.248 bits per heavy atom. The largest absolute Gasteiger partial charge is 0.456 e.